The van der Waals surface area contributed by atoms with Crippen molar-refractivity contribution in [3.05, 3.63) is 0 Å². The first-order valence-corrected chi connectivity index (χ1v) is 3.27. The molecule has 0 saturated carbocycles. The number of carbonyl (C=O) groups is 1. The molecule has 4 heteroatoms. The van der Waals surface area contributed by atoms with Crippen LogP contribution in [0.1, 0.15) is 6.42 Å². The highest BCUT2D eigenvalue weighted by Gasteiger charge is 2.20. The van der Waals surface area contributed by atoms with Gasteiger partial charge in [-0.25, -0.2) is 5.06 Å². The quantitative estimate of drug-likeness (QED) is 0.552. The van der Waals surface area contributed by atoms with Crippen LogP contribution >= 0.6 is 0 Å². The van der Waals surface area contributed by atoms with Gasteiger partial charge in [-0.1, -0.05) is 0 Å². The second-order valence-electron chi connectivity index (χ2n) is 2.07. The fraction of sp³-hybridized carbons (Fsp3) is 0.833. The zero-order chi connectivity index (χ0) is 7.40. The van der Waals surface area contributed by atoms with Gasteiger partial charge in [-0.05, 0) is 0 Å². The summed E-state index contributed by atoms with van der Waals surface area (Å²) in [7, 11) is 1.60. The van der Waals surface area contributed by atoms with Gasteiger partial charge in [-0.3, -0.25) is 9.63 Å². The molecule has 0 bridgehead atoms. The van der Waals surface area contributed by atoms with Crippen LogP contribution in [0.2, 0.25) is 0 Å². The fourth-order valence-corrected chi connectivity index (χ4v) is 0.803. The molecule has 0 unspecified atom stereocenters. The van der Waals surface area contributed by atoms with Crippen molar-refractivity contribution in [2.45, 2.75) is 6.42 Å². The maximum atomic E-state index is 10.8. The van der Waals surface area contributed by atoms with Crippen LogP contribution in [-0.2, 0) is 14.4 Å². The number of nitrogens with zero attached hydrogens (tertiary/aromatic N) is 1. The second-order valence-corrected chi connectivity index (χ2v) is 2.07. The van der Waals surface area contributed by atoms with E-state index in [-0.39, 0.29) is 5.91 Å². The third-order valence-electron chi connectivity index (χ3n) is 1.34. The van der Waals surface area contributed by atoms with Crippen molar-refractivity contribution in [2.24, 2.45) is 0 Å². The number of rotatable bonds is 3. The molecule has 0 radical (unpaired) electrons. The molecule has 0 aromatic carbocycles. The molecule has 0 aromatic rings. The van der Waals surface area contributed by atoms with Gasteiger partial charge in [-0.15, -0.1) is 0 Å². The first kappa shape index (κ1) is 7.50. The molecule has 1 aliphatic rings. The van der Waals surface area contributed by atoms with E-state index in [2.05, 4.69) is 0 Å². The lowest BCUT2D eigenvalue weighted by Crippen LogP contribution is -2.26. The highest BCUT2D eigenvalue weighted by atomic mass is 16.7. The number of carbonyl (C=O) groups excluding carboxylic acids is 1. The molecule has 1 saturated heterocycles. The Bertz CT molecular complexity index is 126. The van der Waals surface area contributed by atoms with Gasteiger partial charge < -0.3 is 4.74 Å². The summed E-state index contributed by atoms with van der Waals surface area (Å²) in [5.74, 6) is 0.0528. The molecule has 1 fully saturated rings. The Kier molecular flexibility index (Phi) is 2.65. The van der Waals surface area contributed by atoms with E-state index < -0.39 is 0 Å². The predicted octanol–water partition coefficient (Wildman–Crippen LogP) is -0.203. The van der Waals surface area contributed by atoms with E-state index in [1.165, 1.54) is 5.06 Å². The predicted molar refractivity (Wildman–Crippen MR) is 34.2 cm³/mol. The summed E-state index contributed by atoms with van der Waals surface area (Å²) >= 11 is 0. The lowest BCUT2D eigenvalue weighted by atomic mass is 10.4. The Labute approximate surface area is 59.7 Å². The number of hydrogen-bond donors (Lipinski definition) is 0. The molecule has 1 aliphatic heterocycles. The zero-order valence-electron chi connectivity index (χ0n) is 6.00. The maximum Gasteiger partial charge on any atom is 0.248 e. The van der Waals surface area contributed by atoms with Gasteiger partial charge in [0.2, 0.25) is 5.91 Å². The lowest BCUT2D eigenvalue weighted by molar-refractivity contribution is -0.164. The molecule has 0 atom stereocenters. The molecule has 10 heavy (non-hydrogen) atoms. The van der Waals surface area contributed by atoms with E-state index in [4.69, 9.17) is 9.57 Å². The SMILES string of the molecule is COCCN1OCCC1=O. The smallest absolute Gasteiger partial charge is 0.248 e. The van der Waals surface area contributed by atoms with E-state index in [1.807, 2.05) is 0 Å². The average molecular weight is 145 g/mol. The summed E-state index contributed by atoms with van der Waals surface area (Å²) in [6, 6.07) is 0. The maximum absolute atomic E-state index is 10.8. The number of hydroxylamine groups is 2. The molecule has 0 spiro atoms. The topological polar surface area (TPSA) is 38.8 Å². The Hall–Kier alpha value is -0.610. The van der Waals surface area contributed by atoms with Crippen molar-refractivity contribution in [1.29, 1.82) is 0 Å². The standard InChI is InChI=1S/C6H11NO3/c1-9-5-3-7-6(8)2-4-10-7/h2-5H2,1H3. The summed E-state index contributed by atoms with van der Waals surface area (Å²) in [4.78, 5) is 15.8. The van der Waals surface area contributed by atoms with E-state index in [9.17, 15) is 4.79 Å². The van der Waals surface area contributed by atoms with E-state index in [0.29, 0.717) is 26.2 Å². The average Bonchev–Trinajstić information content (AvgIpc) is 2.31. The van der Waals surface area contributed by atoms with E-state index in [0.717, 1.165) is 0 Å². The van der Waals surface area contributed by atoms with Crippen LogP contribution < -0.4 is 0 Å². The minimum Gasteiger partial charge on any atom is -0.383 e. The van der Waals surface area contributed by atoms with Gasteiger partial charge in [0.25, 0.3) is 0 Å². The summed E-state index contributed by atoms with van der Waals surface area (Å²) in [6.45, 7) is 1.59. The van der Waals surface area contributed by atoms with Crippen LogP contribution in [0.15, 0.2) is 0 Å². The third-order valence-corrected chi connectivity index (χ3v) is 1.34. The number of methoxy groups -OCH3 is 1. The summed E-state index contributed by atoms with van der Waals surface area (Å²) in [6.07, 6.45) is 0.504. The van der Waals surface area contributed by atoms with Gasteiger partial charge in [0.15, 0.2) is 0 Å². The van der Waals surface area contributed by atoms with Crippen molar-refractivity contribution < 1.29 is 14.4 Å². The second kappa shape index (κ2) is 3.53. The summed E-state index contributed by atoms with van der Waals surface area (Å²) in [5, 5.41) is 1.35. The molecule has 1 rings (SSSR count). The molecule has 4 nitrogen and oxygen atoms in total. The van der Waals surface area contributed by atoms with Crippen molar-refractivity contribution >= 4 is 5.91 Å². The lowest BCUT2D eigenvalue weighted by Gasteiger charge is -2.12. The minimum absolute atomic E-state index is 0.0528. The number of amides is 1. The van der Waals surface area contributed by atoms with Crippen LogP contribution in [0.3, 0.4) is 0 Å². The molecule has 1 heterocycles. The van der Waals surface area contributed by atoms with Crippen LogP contribution in [0.4, 0.5) is 0 Å². The molecular formula is C6H11NO3. The fourth-order valence-electron chi connectivity index (χ4n) is 0.803. The summed E-state index contributed by atoms with van der Waals surface area (Å²) < 4.78 is 4.78. The van der Waals surface area contributed by atoms with Crippen LogP contribution in [-0.4, -0.2) is 37.8 Å². The Morgan fingerprint density at radius 1 is 1.80 bits per heavy atom. The molecule has 0 aliphatic carbocycles. The molecule has 1 amide bonds. The van der Waals surface area contributed by atoms with Gasteiger partial charge in [0.1, 0.15) is 0 Å². The van der Waals surface area contributed by atoms with Gasteiger partial charge >= 0.3 is 0 Å². The van der Waals surface area contributed by atoms with Crippen molar-refractivity contribution in [1.82, 2.24) is 5.06 Å². The highest BCUT2D eigenvalue weighted by Crippen LogP contribution is 2.04. The first-order chi connectivity index (χ1) is 4.84. The Morgan fingerprint density at radius 2 is 2.60 bits per heavy atom. The molecular weight excluding hydrogens is 134 g/mol. The highest BCUT2D eigenvalue weighted by molar-refractivity contribution is 5.76. The third kappa shape index (κ3) is 1.68. The van der Waals surface area contributed by atoms with Gasteiger partial charge in [0, 0.05) is 7.11 Å². The molecule has 0 N–H and O–H groups in total. The van der Waals surface area contributed by atoms with Crippen molar-refractivity contribution in [3.8, 4) is 0 Å². The van der Waals surface area contributed by atoms with Crippen LogP contribution in [0.25, 0.3) is 0 Å². The molecule has 0 aromatic heterocycles. The largest absolute Gasteiger partial charge is 0.383 e. The van der Waals surface area contributed by atoms with Crippen molar-refractivity contribution in [2.75, 3.05) is 26.9 Å². The van der Waals surface area contributed by atoms with E-state index in [1.54, 1.807) is 7.11 Å². The number of ether oxygens (including phenoxy) is 1. The first-order valence-electron chi connectivity index (χ1n) is 3.27. The minimum atomic E-state index is 0.0528. The van der Waals surface area contributed by atoms with Crippen LogP contribution in [0, 0.1) is 0 Å². The van der Waals surface area contributed by atoms with Crippen LogP contribution in [0.5, 0.6) is 0 Å². The van der Waals surface area contributed by atoms with Crippen molar-refractivity contribution in [3.63, 3.8) is 0 Å². The van der Waals surface area contributed by atoms with Gasteiger partial charge in [0.05, 0.1) is 26.2 Å². The van der Waals surface area contributed by atoms with Gasteiger partial charge in [-0.2, -0.15) is 0 Å². The molecule has 58 valence electrons. The Morgan fingerprint density at radius 3 is 3.10 bits per heavy atom. The zero-order valence-corrected chi connectivity index (χ0v) is 6.00. The Balaban J connectivity index is 2.20. The summed E-state index contributed by atoms with van der Waals surface area (Å²) in [5.41, 5.74) is 0. The monoisotopic (exact) mass is 145 g/mol. The normalized spacial score (nSPS) is 18.5. The van der Waals surface area contributed by atoms with E-state index >= 15 is 0 Å². The number of hydrogen-bond acceptors (Lipinski definition) is 3.